The van der Waals surface area contributed by atoms with Crippen molar-refractivity contribution in [3.05, 3.63) is 35.9 Å². The van der Waals surface area contributed by atoms with Gasteiger partial charge in [0, 0.05) is 6.42 Å². The molecule has 20 heavy (non-hydrogen) atoms. The van der Waals surface area contributed by atoms with Crippen molar-refractivity contribution in [3.63, 3.8) is 0 Å². The maximum atomic E-state index is 10.7. The molecule has 0 bridgehead atoms. The van der Waals surface area contributed by atoms with Gasteiger partial charge in [0.1, 0.15) is 12.1 Å². The van der Waals surface area contributed by atoms with E-state index in [2.05, 4.69) is 17.9 Å². The second kappa shape index (κ2) is 6.53. The van der Waals surface area contributed by atoms with E-state index in [1.54, 1.807) is 0 Å². The Balaban J connectivity index is 0.000000221. The third-order valence-electron chi connectivity index (χ3n) is 2.63. The van der Waals surface area contributed by atoms with E-state index in [1.807, 2.05) is 18.2 Å². The number of hydrogen-bond donors (Lipinski definition) is 1. The summed E-state index contributed by atoms with van der Waals surface area (Å²) in [6.45, 7) is 0.855. The van der Waals surface area contributed by atoms with Gasteiger partial charge in [-0.3, -0.25) is 0 Å². The first-order valence-electron chi connectivity index (χ1n) is 5.64. The van der Waals surface area contributed by atoms with Crippen molar-refractivity contribution in [3.8, 4) is 0 Å². The van der Waals surface area contributed by atoms with Crippen LogP contribution in [0.5, 0.6) is 0 Å². The number of hydrogen-bond acceptors (Lipinski definition) is 4. The van der Waals surface area contributed by atoms with Crippen LogP contribution in [-0.4, -0.2) is 31.1 Å². The Kier molecular flexibility index (Phi) is 5.51. The molecule has 3 N–H and O–H groups in total. The number of benzene rings is 1. The summed E-state index contributed by atoms with van der Waals surface area (Å²) in [7, 11) is -6.09. The van der Waals surface area contributed by atoms with Gasteiger partial charge in [0.25, 0.3) is 0 Å². The SMILES string of the molecule is O=S(=O)([O-])C(F)(F)F.[NH3+][C@@H]1CCO[C@@H]1c1ccccc1. The van der Waals surface area contributed by atoms with Crippen LogP contribution in [0.15, 0.2) is 30.3 Å². The second-order valence-electron chi connectivity index (χ2n) is 4.15. The van der Waals surface area contributed by atoms with E-state index in [9.17, 15) is 13.2 Å². The predicted octanol–water partition coefficient (Wildman–Crippen LogP) is 0.810. The van der Waals surface area contributed by atoms with Crippen molar-refractivity contribution in [2.45, 2.75) is 24.1 Å². The lowest BCUT2D eigenvalue weighted by Crippen LogP contribution is -2.61. The minimum Gasteiger partial charge on any atom is -0.741 e. The van der Waals surface area contributed by atoms with Crippen LogP contribution >= 0.6 is 0 Å². The van der Waals surface area contributed by atoms with Gasteiger partial charge in [0.15, 0.2) is 10.1 Å². The van der Waals surface area contributed by atoms with Crippen LogP contribution < -0.4 is 5.73 Å². The van der Waals surface area contributed by atoms with Gasteiger partial charge in [-0.2, -0.15) is 13.2 Å². The highest BCUT2D eigenvalue weighted by atomic mass is 32.2. The van der Waals surface area contributed by atoms with Gasteiger partial charge in [-0.25, -0.2) is 8.42 Å². The lowest BCUT2D eigenvalue weighted by molar-refractivity contribution is -0.428. The Labute approximate surface area is 114 Å². The summed E-state index contributed by atoms with van der Waals surface area (Å²) in [6, 6.07) is 10.7. The summed E-state index contributed by atoms with van der Waals surface area (Å²) < 4.78 is 64.5. The van der Waals surface area contributed by atoms with E-state index in [0.29, 0.717) is 6.04 Å². The van der Waals surface area contributed by atoms with Crippen molar-refractivity contribution in [1.29, 1.82) is 0 Å². The summed E-state index contributed by atoms with van der Waals surface area (Å²) in [5.41, 5.74) is -0.316. The molecule has 0 radical (unpaired) electrons. The van der Waals surface area contributed by atoms with Gasteiger partial charge in [-0.1, -0.05) is 30.3 Å². The standard InChI is InChI=1S/C10H13NO.CHF3O3S/c11-9-6-7-12-10(9)8-4-2-1-3-5-8;2-1(3,4)8(5,6)7/h1-5,9-10H,6-7,11H2;(H,5,6,7)/t9-,10-;/m1./s1. The molecule has 114 valence electrons. The summed E-state index contributed by atoms with van der Waals surface area (Å²) >= 11 is 0. The van der Waals surface area contributed by atoms with Crippen molar-refractivity contribution in [2.24, 2.45) is 0 Å². The molecule has 2 atom stereocenters. The van der Waals surface area contributed by atoms with Crippen molar-refractivity contribution >= 4 is 10.1 Å². The lowest BCUT2D eigenvalue weighted by atomic mass is 10.0. The van der Waals surface area contributed by atoms with Gasteiger partial charge in [-0.15, -0.1) is 0 Å². The molecular formula is C11H14F3NO4S. The summed E-state index contributed by atoms with van der Waals surface area (Å²) in [5.74, 6) is 0. The molecule has 0 saturated carbocycles. The second-order valence-corrected chi connectivity index (χ2v) is 5.52. The molecule has 0 unspecified atom stereocenters. The minimum atomic E-state index is -6.09. The Morgan fingerprint density at radius 1 is 1.25 bits per heavy atom. The number of rotatable bonds is 1. The van der Waals surface area contributed by atoms with Crippen LogP contribution in [0.3, 0.4) is 0 Å². The summed E-state index contributed by atoms with van der Waals surface area (Å²) in [6.07, 6.45) is 1.31. The van der Waals surface area contributed by atoms with Gasteiger partial charge in [0.2, 0.25) is 0 Å². The Bertz CT molecular complexity index is 518. The van der Waals surface area contributed by atoms with E-state index >= 15 is 0 Å². The molecule has 1 aromatic rings. The monoisotopic (exact) mass is 313 g/mol. The van der Waals surface area contributed by atoms with Crippen LogP contribution in [0, 0.1) is 0 Å². The molecule has 5 nitrogen and oxygen atoms in total. The lowest BCUT2D eigenvalue weighted by Gasteiger charge is -2.11. The highest BCUT2D eigenvalue weighted by molar-refractivity contribution is 7.86. The third kappa shape index (κ3) is 4.75. The molecule has 1 aliphatic rings. The first-order valence-corrected chi connectivity index (χ1v) is 7.05. The summed E-state index contributed by atoms with van der Waals surface area (Å²) in [5, 5.41) is 0. The Morgan fingerprint density at radius 2 is 1.75 bits per heavy atom. The minimum absolute atomic E-state index is 0.228. The molecule has 9 heteroatoms. The van der Waals surface area contributed by atoms with Crippen LogP contribution in [0.4, 0.5) is 13.2 Å². The zero-order valence-corrected chi connectivity index (χ0v) is 11.2. The van der Waals surface area contributed by atoms with Gasteiger partial charge >= 0.3 is 5.51 Å². The number of ether oxygens (including phenoxy) is 1. The van der Waals surface area contributed by atoms with Crippen LogP contribution in [-0.2, 0) is 14.9 Å². The Morgan fingerprint density at radius 3 is 2.10 bits per heavy atom. The van der Waals surface area contributed by atoms with Gasteiger partial charge in [0.05, 0.1) is 6.61 Å². The third-order valence-corrected chi connectivity index (χ3v) is 3.19. The highest BCUT2D eigenvalue weighted by Crippen LogP contribution is 2.26. The van der Waals surface area contributed by atoms with Crippen LogP contribution in [0.1, 0.15) is 18.1 Å². The highest BCUT2D eigenvalue weighted by Gasteiger charge is 2.36. The zero-order chi connectivity index (χ0) is 15.4. The molecule has 1 fully saturated rings. The molecule has 0 aliphatic carbocycles. The fraction of sp³-hybridized carbons (Fsp3) is 0.455. The topological polar surface area (TPSA) is 94.1 Å². The molecule has 1 aliphatic heterocycles. The zero-order valence-electron chi connectivity index (χ0n) is 10.3. The molecule has 1 saturated heterocycles. The molecular weight excluding hydrogens is 299 g/mol. The molecule has 0 aromatic heterocycles. The molecule has 0 amide bonds. The normalized spacial score (nSPS) is 23.1. The molecule has 0 spiro atoms. The first-order chi connectivity index (χ1) is 9.13. The Hall–Kier alpha value is -1.16. The predicted molar refractivity (Wildman–Crippen MR) is 62.2 cm³/mol. The van der Waals surface area contributed by atoms with Gasteiger partial charge in [-0.05, 0) is 5.56 Å². The maximum Gasteiger partial charge on any atom is 0.485 e. The van der Waals surface area contributed by atoms with E-state index in [-0.39, 0.29) is 6.10 Å². The number of quaternary nitrogens is 1. The quantitative estimate of drug-likeness (QED) is 0.613. The number of alkyl halides is 3. The maximum absolute atomic E-state index is 10.7. The van der Waals surface area contributed by atoms with Gasteiger partial charge < -0.3 is 15.0 Å². The van der Waals surface area contributed by atoms with E-state index in [4.69, 9.17) is 17.7 Å². The average molecular weight is 313 g/mol. The van der Waals surface area contributed by atoms with Crippen LogP contribution in [0.25, 0.3) is 0 Å². The van der Waals surface area contributed by atoms with Crippen molar-refractivity contribution < 1.29 is 36.6 Å². The van der Waals surface area contributed by atoms with Crippen LogP contribution in [0.2, 0.25) is 0 Å². The van der Waals surface area contributed by atoms with E-state index < -0.39 is 15.6 Å². The average Bonchev–Trinajstić information content (AvgIpc) is 2.75. The van der Waals surface area contributed by atoms with E-state index in [0.717, 1.165) is 13.0 Å². The molecule has 2 rings (SSSR count). The largest absolute Gasteiger partial charge is 0.741 e. The first kappa shape index (κ1) is 16.9. The fourth-order valence-electron chi connectivity index (χ4n) is 1.64. The molecule has 1 aromatic carbocycles. The smallest absolute Gasteiger partial charge is 0.485 e. The molecule has 1 heterocycles. The number of halogens is 3. The van der Waals surface area contributed by atoms with E-state index in [1.165, 1.54) is 5.56 Å². The van der Waals surface area contributed by atoms with Crippen molar-refractivity contribution in [1.82, 2.24) is 0 Å². The van der Waals surface area contributed by atoms with Crippen molar-refractivity contribution in [2.75, 3.05) is 6.61 Å². The fourth-order valence-corrected chi connectivity index (χ4v) is 1.64. The summed E-state index contributed by atoms with van der Waals surface area (Å²) in [4.78, 5) is 0.